The van der Waals surface area contributed by atoms with Crippen molar-refractivity contribution >= 4 is 11.7 Å². The first-order valence-electron chi connectivity index (χ1n) is 7.87. The maximum Gasteiger partial charge on any atom is 0.322 e. The Hall–Kier alpha value is -1.82. The Morgan fingerprint density at radius 3 is 2.91 bits per heavy atom. The Kier molecular flexibility index (Phi) is 3.95. The Labute approximate surface area is 130 Å². The standard InChI is InChI=1S/C16H23N3O3/c1-11(2)22-14-9-17-8-5-13(14)18-15(21)19-12-3-6-16(19,10-20)7-4-12/h5,8-9,11-12,20H,3-4,6-7,10H2,1-2H3,(H,17,18,21). The summed E-state index contributed by atoms with van der Waals surface area (Å²) in [5, 5.41) is 12.7. The first kappa shape index (κ1) is 15.1. The minimum Gasteiger partial charge on any atom is -0.487 e. The number of hydrogen-bond donors (Lipinski definition) is 2. The van der Waals surface area contributed by atoms with Gasteiger partial charge in [0, 0.05) is 12.2 Å². The molecule has 2 saturated heterocycles. The summed E-state index contributed by atoms with van der Waals surface area (Å²) in [5.74, 6) is 0.565. The average molecular weight is 305 g/mol. The normalized spacial score (nSPS) is 26.5. The highest BCUT2D eigenvalue weighted by Crippen LogP contribution is 2.46. The highest BCUT2D eigenvalue weighted by atomic mass is 16.5. The highest BCUT2D eigenvalue weighted by molar-refractivity contribution is 5.92. The van der Waals surface area contributed by atoms with Crippen molar-refractivity contribution in [2.75, 3.05) is 11.9 Å². The first-order valence-corrected chi connectivity index (χ1v) is 7.87. The molecule has 0 spiro atoms. The fourth-order valence-electron chi connectivity index (χ4n) is 3.65. The molecule has 6 heteroatoms. The van der Waals surface area contributed by atoms with Gasteiger partial charge in [0.15, 0.2) is 5.75 Å². The SMILES string of the molecule is CC(C)Oc1cnccc1NC(=O)N1C2CCC1(CO)CC2. The summed E-state index contributed by atoms with van der Waals surface area (Å²) in [4.78, 5) is 18.6. The van der Waals surface area contributed by atoms with E-state index in [1.54, 1.807) is 18.5 Å². The Morgan fingerprint density at radius 1 is 1.55 bits per heavy atom. The lowest BCUT2D eigenvalue weighted by atomic mass is 9.89. The third kappa shape index (κ3) is 2.52. The lowest BCUT2D eigenvalue weighted by Gasteiger charge is -2.33. The molecule has 1 aromatic rings. The number of rotatable bonds is 4. The van der Waals surface area contributed by atoms with Crippen LogP contribution in [0.3, 0.4) is 0 Å². The summed E-state index contributed by atoms with van der Waals surface area (Å²) in [7, 11) is 0. The third-order valence-electron chi connectivity index (χ3n) is 4.66. The number of amides is 2. The van der Waals surface area contributed by atoms with E-state index in [1.165, 1.54) is 0 Å². The molecule has 0 aromatic carbocycles. The smallest absolute Gasteiger partial charge is 0.322 e. The predicted octanol–water partition coefficient (Wildman–Crippen LogP) is 2.39. The fourth-order valence-corrected chi connectivity index (χ4v) is 3.65. The van der Waals surface area contributed by atoms with Crippen LogP contribution in [0.5, 0.6) is 5.75 Å². The second kappa shape index (κ2) is 5.76. The molecular formula is C16H23N3O3. The van der Waals surface area contributed by atoms with Crippen molar-refractivity contribution in [2.24, 2.45) is 0 Å². The van der Waals surface area contributed by atoms with Gasteiger partial charge < -0.3 is 20.1 Å². The van der Waals surface area contributed by atoms with Crippen molar-refractivity contribution in [1.82, 2.24) is 9.88 Å². The van der Waals surface area contributed by atoms with E-state index in [0.717, 1.165) is 25.7 Å². The number of nitrogens with zero attached hydrogens (tertiary/aromatic N) is 2. The number of nitrogens with one attached hydrogen (secondary N) is 1. The quantitative estimate of drug-likeness (QED) is 0.895. The molecule has 0 aliphatic carbocycles. The second-order valence-electron chi connectivity index (χ2n) is 6.45. The number of urea groups is 1. The van der Waals surface area contributed by atoms with Crippen molar-refractivity contribution in [3.63, 3.8) is 0 Å². The number of fused-ring (bicyclic) bond motifs is 2. The molecule has 2 amide bonds. The Balaban J connectivity index is 1.78. The molecule has 1 aromatic heterocycles. The monoisotopic (exact) mass is 305 g/mol. The lowest BCUT2D eigenvalue weighted by molar-refractivity contribution is 0.103. The number of aliphatic hydroxyl groups excluding tert-OH is 1. The molecule has 22 heavy (non-hydrogen) atoms. The van der Waals surface area contributed by atoms with Gasteiger partial charge in [0.25, 0.3) is 0 Å². The molecule has 0 radical (unpaired) electrons. The average Bonchev–Trinajstić information content (AvgIpc) is 3.04. The molecule has 120 valence electrons. The summed E-state index contributed by atoms with van der Waals surface area (Å²) >= 11 is 0. The number of aromatic nitrogens is 1. The number of hydrogen-bond acceptors (Lipinski definition) is 4. The van der Waals surface area contributed by atoms with Crippen molar-refractivity contribution in [3.05, 3.63) is 18.5 Å². The van der Waals surface area contributed by atoms with Crippen LogP contribution in [-0.4, -0.2) is 45.3 Å². The van der Waals surface area contributed by atoms with Crippen molar-refractivity contribution in [2.45, 2.75) is 57.2 Å². The molecule has 0 saturated carbocycles. The van der Waals surface area contributed by atoms with Gasteiger partial charge in [0.05, 0.1) is 30.1 Å². The minimum absolute atomic E-state index is 0.00611. The molecule has 3 rings (SSSR count). The van der Waals surface area contributed by atoms with Crippen molar-refractivity contribution in [3.8, 4) is 5.75 Å². The van der Waals surface area contributed by atoms with Crippen LogP contribution in [0.25, 0.3) is 0 Å². The number of carbonyl (C=O) groups is 1. The van der Waals surface area contributed by atoms with E-state index in [-0.39, 0.29) is 30.3 Å². The minimum atomic E-state index is -0.374. The topological polar surface area (TPSA) is 74.7 Å². The van der Waals surface area contributed by atoms with Gasteiger partial charge in [-0.05, 0) is 45.6 Å². The number of aliphatic hydroxyl groups is 1. The summed E-state index contributed by atoms with van der Waals surface area (Å²) in [6.45, 7) is 3.89. The van der Waals surface area contributed by atoms with Gasteiger partial charge in [-0.3, -0.25) is 4.98 Å². The van der Waals surface area contributed by atoms with Crippen LogP contribution in [0.1, 0.15) is 39.5 Å². The van der Waals surface area contributed by atoms with Gasteiger partial charge in [-0.15, -0.1) is 0 Å². The Morgan fingerprint density at radius 2 is 2.27 bits per heavy atom. The van der Waals surface area contributed by atoms with Crippen LogP contribution in [-0.2, 0) is 0 Å². The predicted molar refractivity (Wildman–Crippen MR) is 82.9 cm³/mol. The van der Waals surface area contributed by atoms with E-state index >= 15 is 0 Å². The number of anilines is 1. The highest BCUT2D eigenvalue weighted by Gasteiger charge is 2.53. The van der Waals surface area contributed by atoms with Crippen molar-refractivity contribution < 1.29 is 14.6 Å². The van der Waals surface area contributed by atoms with E-state index < -0.39 is 0 Å². The largest absolute Gasteiger partial charge is 0.487 e. The van der Waals surface area contributed by atoms with E-state index in [0.29, 0.717) is 11.4 Å². The van der Waals surface area contributed by atoms with E-state index in [9.17, 15) is 9.90 Å². The van der Waals surface area contributed by atoms with Gasteiger partial charge >= 0.3 is 6.03 Å². The molecule has 2 N–H and O–H groups in total. The van der Waals surface area contributed by atoms with Crippen LogP contribution in [0.4, 0.5) is 10.5 Å². The van der Waals surface area contributed by atoms with Crippen LogP contribution in [0, 0.1) is 0 Å². The van der Waals surface area contributed by atoms with E-state index in [4.69, 9.17) is 4.74 Å². The van der Waals surface area contributed by atoms with Gasteiger partial charge in [0.1, 0.15) is 0 Å². The van der Waals surface area contributed by atoms with Crippen LogP contribution in [0.2, 0.25) is 0 Å². The molecule has 2 aliphatic heterocycles. The van der Waals surface area contributed by atoms with Crippen LogP contribution >= 0.6 is 0 Å². The number of ether oxygens (including phenoxy) is 1. The maximum atomic E-state index is 12.7. The number of pyridine rings is 1. The number of carbonyl (C=O) groups excluding carboxylic acids is 1. The summed E-state index contributed by atoms with van der Waals surface area (Å²) in [6.07, 6.45) is 6.95. The summed E-state index contributed by atoms with van der Waals surface area (Å²) < 4.78 is 5.68. The van der Waals surface area contributed by atoms with E-state index in [1.807, 2.05) is 18.7 Å². The zero-order valence-electron chi connectivity index (χ0n) is 13.1. The maximum absolute atomic E-state index is 12.7. The third-order valence-corrected chi connectivity index (χ3v) is 4.66. The van der Waals surface area contributed by atoms with Crippen LogP contribution in [0.15, 0.2) is 18.5 Å². The fraction of sp³-hybridized carbons (Fsp3) is 0.625. The van der Waals surface area contributed by atoms with Gasteiger partial charge in [0.2, 0.25) is 0 Å². The van der Waals surface area contributed by atoms with Gasteiger partial charge in [-0.2, -0.15) is 0 Å². The molecule has 3 heterocycles. The van der Waals surface area contributed by atoms with Gasteiger partial charge in [-0.25, -0.2) is 4.79 Å². The lowest BCUT2D eigenvalue weighted by Crippen LogP contribution is -2.49. The zero-order chi connectivity index (χ0) is 15.7. The molecule has 2 fully saturated rings. The van der Waals surface area contributed by atoms with E-state index in [2.05, 4.69) is 10.3 Å². The molecule has 2 aliphatic rings. The molecule has 2 bridgehead atoms. The zero-order valence-corrected chi connectivity index (χ0v) is 13.1. The summed E-state index contributed by atoms with van der Waals surface area (Å²) in [6, 6.07) is 1.82. The molecular weight excluding hydrogens is 282 g/mol. The molecule has 0 atom stereocenters. The van der Waals surface area contributed by atoms with Crippen LogP contribution < -0.4 is 10.1 Å². The first-order chi connectivity index (χ1) is 10.6. The molecule has 6 nitrogen and oxygen atoms in total. The molecule has 0 unspecified atom stereocenters. The Bertz CT molecular complexity index is 553. The van der Waals surface area contributed by atoms with Crippen molar-refractivity contribution in [1.29, 1.82) is 0 Å². The summed E-state index contributed by atoms with van der Waals surface area (Å²) in [5.41, 5.74) is 0.244. The second-order valence-corrected chi connectivity index (χ2v) is 6.45. The van der Waals surface area contributed by atoms with Gasteiger partial charge in [-0.1, -0.05) is 0 Å².